The lowest BCUT2D eigenvalue weighted by molar-refractivity contribution is -0.0915. The Morgan fingerprint density at radius 2 is 2.09 bits per heavy atom. The maximum Gasteiger partial charge on any atom is 0.338 e. The van der Waals surface area contributed by atoms with E-state index in [0.29, 0.717) is 5.56 Å². The zero-order valence-electron chi connectivity index (χ0n) is 11.9. The number of rotatable bonds is 5. The number of hydrogen-bond acceptors (Lipinski definition) is 6. The topological polar surface area (TPSA) is 96.2 Å². The number of carbonyl (C=O) groups is 1. The van der Waals surface area contributed by atoms with Crippen molar-refractivity contribution in [1.82, 2.24) is 0 Å². The molecule has 1 saturated heterocycles. The van der Waals surface area contributed by atoms with Gasteiger partial charge in [0.25, 0.3) is 0 Å². The van der Waals surface area contributed by atoms with Crippen LogP contribution in [0.5, 0.6) is 0 Å². The first-order valence-corrected chi connectivity index (χ1v) is 6.78. The largest absolute Gasteiger partial charge is 0.459 e. The second-order valence-electron chi connectivity index (χ2n) is 5.02. The van der Waals surface area contributed by atoms with E-state index in [1.807, 2.05) is 0 Å². The molecular weight excluding hydrogens is 288 g/mol. The van der Waals surface area contributed by atoms with E-state index in [9.17, 15) is 15.0 Å². The van der Waals surface area contributed by atoms with Gasteiger partial charge >= 0.3 is 5.97 Å². The van der Waals surface area contributed by atoms with Crippen molar-refractivity contribution in [3.05, 3.63) is 54.3 Å². The van der Waals surface area contributed by atoms with Gasteiger partial charge in [-0.1, -0.05) is 24.8 Å². The molecule has 22 heavy (non-hydrogen) atoms. The Bertz CT molecular complexity index is 565. The number of aliphatic hydroxyl groups is 3. The maximum absolute atomic E-state index is 12.0. The third kappa shape index (κ3) is 3.11. The van der Waals surface area contributed by atoms with Gasteiger partial charge in [0.05, 0.1) is 12.2 Å². The molecule has 0 aromatic heterocycles. The molecule has 6 heteroatoms. The zero-order valence-corrected chi connectivity index (χ0v) is 11.9. The van der Waals surface area contributed by atoms with Crippen molar-refractivity contribution in [3.63, 3.8) is 0 Å². The zero-order chi connectivity index (χ0) is 16.2. The van der Waals surface area contributed by atoms with E-state index >= 15 is 0 Å². The summed E-state index contributed by atoms with van der Waals surface area (Å²) in [6.45, 7) is 2.60. The molecule has 0 bridgehead atoms. The second-order valence-corrected chi connectivity index (χ2v) is 5.02. The molecular formula is C16H18O6. The highest BCUT2D eigenvalue weighted by Crippen LogP contribution is 2.33. The van der Waals surface area contributed by atoms with Gasteiger partial charge in [0.15, 0.2) is 5.60 Å². The number of hydrogen-bond donors (Lipinski definition) is 3. The van der Waals surface area contributed by atoms with Crippen LogP contribution in [0.1, 0.15) is 10.4 Å². The highest BCUT2D eigenvalue weighted by molar-refractivity contribution is 5.89. The average Bonchev–Trinajstić information content (AvgIpc) is 2.79. The van der Waals surface area contributed by atoms with Crippen LogP contribution in [0.4, 0.5) is 0 Å². The van der Waals surface area contributed by atoms with Crippen molar-refractivity contribution < 1.29 is 29.6 Å². The normalized spacial score (nSPS) is 30.6. The molecule has 2 rings (SSSR count). The van der Waals surface area contributed by atoms with Gasteiger partial charge in [-0.2, -0.15) is 0 Å². The van der Waals surface area contributed by atoms with Crippen LogP contribution in [0.2, 0.25) is 0 Å². The molecule has 0 unspecified atom stereocenters. The number of carbonyl (C=O) groups excluding carboxylic acids is 1. The molecule has 118 valence electrons. The molecule has 0 saturated carbocycles. The Morgan fingerprint density at radius 3 is 2.64 bits per heavy atom. The van der Waals surface area contributed by atoms with Gasteiger partial charge < -0.3 is 24.8 Å². The molecule has 1 aliphatic heterocycles. The van der Waals surface area contributed by atoms with Crippen LogP contribution in [0.3, 0.4) is 0 Å². The molecule has 0 radical (unpaired) electrons. The summed E-state index contributed by atoms with van der Waals surface area (Å²) >= 11 is 0. The van der Waals surface area contributed by atoms with Gasteiger partial charge in [-0.25, -0.2) is 4.79 Å². The average molecular weight is 306 g/mol. The van der Waals surface area contributed by atoms with Crippen molar-refractivity contribution in [2.75, 3.05) is 13.2 Å². The summed E-state index contributed by atoms with van der Waals surface area (Å²) in [6.07, 6.45) is -2.36. The summed E-state index contributed by atoms with van der Waals surface area (Å²) < 4.78 is 10.6. The van der Waals surface area contributed by atoms with E-state index in [0.717, 1.165) is 0 Å². The minimum absolute atomic E-state index is 0.335. The van der Waals surface area contributed by atoms with Crippen molar-refractivity contribution >= 4 is 5.97 Å². The van der Waals surface area contributed by atoms with E-state index in [-0.39, 0.29) is 6.61 Å². The molecule has 0 aliphatic carbocycles. The van der Waals surface area contributed by atoms with Crippen LogP contribution in [-0.4, -0.2) is 58.4 Å². The first kappa shape index (κ1) is 16.4. The van der Waals surface area contributed by atoms with E-state index in [4.69, 9.17) is 14.6 Å². The van der Waals surface area contributed by atoms with Crippen molar-refractivity contribution in [2.24, 2.45) is 0 Å². The van der Waals surface area contributed by atoms with Gasteiger partial charge in [-0.05, 0) is 18.2 Å². The molecule has 1 aromatic carbocycles. The summed E-state index contributed by atoms with van der Waals surface area (Å²) in [5, 5.41) is 29.2. The fourth-order valence-corrected chi connectivity index (χ4v) is 2.35. The lowest BCUT2D eigenvalue weighted by atomic mass is 9.95. The van der Waals surface area contributed by atoms with Gasteiger partial charge in [-0.3, -0.25) is 0 Å². The third-order valence-corrected chi connectivity index (χ3v) is 3.54. The van der Waals surface area contributed by atoms with Gasteiger partial charge in [0, 0.05) is 0 Å². The molecule has 1 aliphatic rings. The van der Waals surface area contributed by atoms with Gasteiger partial charge in [0.2, 0.25) is 0 Å². The molecule has 1 heterocycles. The van der Waals surface area contributed by atoms with Crippen LogP contribution in [0, 0.1) is 0 Å². The Kier molecular flexibility index (Phi) is 5.13. The van der Waals surface area contributed by atoms with E-state index < -0.39 is 36.5 Å². The minimum atomic E-state index is -1.49. The predicted molar refractivity (Wildman–Crippen MR) is 77.1 cm³/mol. The molecule has 6 nitrogen and oxygen atoms in total. The molecule has 3 N–H and O–H groups in total. The van der Waals surface area contributed by atoms with Crippen LogP contribution in [-0.2, 0) is 9.47 Å². The van der Waals surface area contributed by atoms with Crippen molar-refractivity contribution in [2.45, 2.75) is 23.9 Å². The third-order valence-electron chi connectivity index (χ3n) is 3.54. The molecule has 4 atom stereocenters. The highest BCUT2D eigenvalue weighted by Gasteiger charge is 2.53. The fourth-order valence-electron chi connectivity index (χ4n) is 2.35. The number of aliphatic hydroxyl groups excluding tert-OH is 3. The predicted octanol–water partition coefficient (Wildman–Crippen LogP) is 0.0362. The lowest BCUT2D eigenvalue weighted by Gasteiger charge is -2.27. The quantitative estimate of drug-likeness (QED) is 0.525. The molecule has 1 aromatic rings. The van der Waals surface area contributed by atoms with E-state index in [2.05, 4.69) is 12.3 Å². The van der Waals surface area contributed by atoms with Gasteiger partial charge in [-0.15, -0.1) is 5.73 Å². The van der Waals surface area contributed by atoms with E-state index in [1.54, 1.807) is 30.3 Å². The molecule has 0 spiro atoms. The first-order valence-electron chi connectivity index (χ1n) is 6.78. The summed E-state index contributed by atoms with van der Waals surface area (Å²) in [6, 6.07) is 8.35. The number of esters is 1. The van der Waals surface area contributed by atoms with E-state index in [1.165, 1.54) is 6.08 Å². The monoisotopic (exact) mass is 306 g/mol. The summed E-state index contributed by atoms with van der Waals surface area (Å²) in [7, 11) is 0. The highest BCUT2D eigenvalue weighted by atomic mass is 16.6. The molecule has 0 amide bonds. The second kappa shape index (κ2) is 6.87. The van der Waals surface area contributed by atoms with Crippen molar-refractivity contribution in [3.8, 4) is 0 Å². The maximum atomic E-state index is 12.0. The Labute approximate surface area is 127 Å². The molecule has 1 fully saturated rings. The summed E-state index contributed by atoms with van der Waals surface area (Å²) in [5.74, 6) is -0.588. The standard InChI is InChI=1S/C16H18O6/c1-2-8-16(14(19)13(18)12(9-17)22-16)10-21-15(20)11-6-4-3-5-7-11/h3-8,12-14,17-19H,1,9-10H2/t12-,13-,14+,16+/m1/s1. The first-order chi connectivity index (χ1) is 10.5. The Morgan fingerprint density at radius 1 is 1.41 bits per heavy atom. The van der Waals surface area contributed by atoms with Gasteiger partial charge in [0.1, 0.15) is 24.9 Å². The van der Waals surface area contributed by atoms with Crippen molar-refractivity contribution in [1.29, 1.82) is 0 Å². The van der Waals surface area contributed by atoms with Crippen LogP contribution < -0.4 is 0 Å². The van der Waals surface area contributed by atoms with Crippen LogP contribution in [0.25, 0.3) is 0 Å². The number of benzene rings is 1. The Hall–Kier alpha value is -1.95. The summed E-state index contributed by atoms with van der Waals surface area (Å²) in [4.78, 5) is 12.0. The fraction of sp³-hybridized carbons (Fsp3) is 0.375. The van der Waals surface area contributed by atoms with Crippen LogP contribution >= 0.6 is 0 Å². The number of ether oxygens (including phenoxy) is 2. The minimum Gasteiger partial charge on any atom is -0.459 e. The summed E-state index contributed by atoms with van der Waals surface area (Å²) in [5.41, 5.74) is 1.33. The SMILES string of the molecule is C=C=C[C@@]1(COC(=O)c2ccccc2)O[C@H](CO)[C@@H](O)[C@@H]1O. The lowest BCUT2D eigenvalue weighted by Crippen LogP contribution is -2.45. The van der Waals surface area contributed by atoms with Crippen LogP contribution in [0.15, 0.2) is 48.7 Å². The Balaban J connectivity index is 2.13. The smallest absolute Gasteiger partial charge is 0.338 e.